The Morgan fingerprint density at radius 3 is 2.07 bits per heavy atom. The van der Waals surface area contributed by atoms with E-state index in [4.69, 9.17) is 4.52 Å². The number of rotatable bonds is 15. The first-order chi connectivity index (χ1) is 14.2. The summed E-state index contributed by atoms with van der Waals surface area (Å²) in [6.07, 6.45) is 18.9. The Hall–Kier alpha value is -2.16. The fourth-order valence-electron chi connectivity index (χ4n) is 3.64. The van der Waals surface area contributed by atoms with E-state index in [-0.39, 0.29) is 5.78 Å². The molecule has 0 aliphatic heterocycles. The van der Waals surface area contributed by atoms with Crippen LogP contribution < -0.4 is 0 Å². The van der Waals surface area contributed by atoms with Crippen LogP contribution in [-0.2, 0) is 11.2 Å². The Kier molecular flexibility index (Phi) is 11.1. The predicted molar refractivity (Wildman–Crippen MR) is 122 cm³/mol. The fraction of sp³-hybridized carbons (Fsp3) is 0.538. The lowest BCUT2D eigenvalue weighted by Gasteiger charge is -2.03. The number of unbranched alkanes of at least 4 members (excludes halogenated alkanes) is 10. The standard InChI is InChI=1S/C26H37NO2/c1-3-4-5-6-7-8-9-10-11-12-16-19-25-24(21-20-22(2)28)26(27-29-25)23-17-14-13-15-18-23/h13-15,17-18,20-21H,3-12,16,19H2,1-2H3/b21-20+. The molecule has 0 aliphatic carbocycles. The zero-order valence-electron chi connectivity index (χ0n) is 18.3. The van der Waals surface area contributed by atoms with Gasteiger partial charge in [-0.05, 0) is 25.5 Å². The van der Waals surface area contributed by atoms with Crippen LogP contribution in [-0.4, -0.2) is 10.9 Å². The van der Waals surface area contributed by atoms with Crippen LogP contribution in [0.15, 0.2) is 40.9 Å². The normalized spacial score (nSPS) is 11.4. The molecule has 1 aromatic carbocycles. The average Bonchev–Trinajstić information content (AvgIpc) is 3.14. The van der Waals surface area contributed by atoms with Crippen molar-refractivity contribution >= 4 is 11.9 Å². The van der Waals surface area contributed by atoms with Crippen LogP contribution in [0.2, 0.25) is 0 Å². The quantitative estimate of drug-likeness (QED) is 0.228. The average molecular weight is 396 g/mol. The van der Waals surface area contributed by atoms with Crippen LogP contribution in [0, 0.1) is 0 Å². The molecule has 2 rings (SSSR count). The Morgan fingerprint density at radius 1 is 0.897 bits per heavy atom. The minimum Gasteiger partial charge on any atom is -0.360 e. The van der Waals surface area contributed by atoms with E-state index >= 15 is 0 Å². The second kappa shape index (κ2) is 13.9. The third-order valence-corrected chi connectivity index (χ3v) is 5.34. The predicted octanol–water partition coefficient (Wildman–Crippen LogP) is 7.80. The maximum Gasteiger partial charge on any atom is 0.152 e. The highest BCUT2D eigenvalue weighted by Gasteiger charge is 2.15. The van der Waals surface area contributed by atoms with Gasteiger partial charge in [0.2, 0.25) is 0 Å². The van der Waals surface area contributed by atoms with Gasteiger partial charge in [-0.1, -0.05) is 107 Å². The topological polar surface area (TPSA) is 43.1 Å². The summed E-state index contributed by atoms with van der Waals surface area (Å²) in [6, 6.07) is 10.0. The van der Waals surface area contributed by atoms with Gasteiger partial charge in [0.25, 0.3) is 0 Å². The van der Waals surface area contributed by atoms with E-state index in [0.717, 1.165) is 35.4 Å². The molecule has 0 amide bonds. The highest BCUT2D eigenvalue weighted by molar-refractivity contribution is 5.92. The fourth-order valence-corrected chi connectivity index (χ4v) is 3.64. The number of carbonyl (C=O) groups is 1. The summed E-state index contributed by atoms with van der Waals surface area (Å²) in [5.41, 5.74) is 2.78. The van der Waals surface area contributed by atoms with Crippen molar-refractivity contribution in [3.05, 3.63) is 47.7 Å². The van der Waals surface area contributed by atoms with Gasteiger partial charge in [0, 0.05) is 17.5 Å². The van der Waals surface area contributed by atoms with Gasteiger partial charge in [0.05, 0.1) is 0 Å². The lowest BCUT2D eigenvalue weighted by atomic mass is 10.0. The smallest absolute Gasteiger partial charge is 0.152 e. The molecule has 0 aliphatic rings. The highest BCUT2D eigenvalue weighted by Crippen LogP contribution is 2.28. The van der Waals surface area contributed by atoms with Gasteiger partial charge in [-0.25, -0.2) is 0 Å². The molecule has 0 saturated carbocycles. The summed E-state index contributed by atoms with van der Waals surface area (Å²) in [4.78, 5) is 11.4. The lowest BCUT2D eigenvalue weighted by molar-refractivity contribution is -0.112. The molecule has 0 radical (unpaired) electrons. The molecule has 2 aromatic rings. The summed E-state index contributed by atoms with van der Waals surface area (Å²) >= 11 is 0. The van der Waals surface area contributed by atoms with Crippen molar-refractivity contribution in [1.29, 1.82) is 0 Å². The SMILES string of the molecule is CCCCCCCCCCCCCc1onc(-c2ccccc2)c1/C=C/C(C)=O. The lowest BCUT2D eigenvalue weighted by Crippen LogP contribution is -1.89. The number of allylic oxidation sites excluding steroid dienone is 1. The molecule has 0 fully saturated rings. The molecular formula is C26H37NO2. The third-order valence-electron chi connectivity index (χ3n) is 5.34. The summed E-state index contributed by atoms with van der Waals surface area (Å²) < 4.78 is 5.66. The largest absolute Gasteiger partial charge is 0.360 e. The van der Waals surface area contributed by atoms with Crippen molar-refractivity contribution in [2.45, 2.75) is 90.9 Å². The zero-order chi connectivity index (χ0) is 20.7. The molecule has 0 spiro atoms. The van der Waals surface area contributed by atoms with Crippen LogP contribution in [0.4, 0.5) is 0 Å². The molecule has 158 valence electrons. The van der Waals surface area contributed by atoms with E-state index in [2.05, 4.69) is 12.1 Å². The van der Waals surface area contributed by atoms with Crippen LogP contribution in [0.25, 0.3) is 17.3 Å². The minimum absolute atomic E-state index is 0.0332. The Bertz CT molecular complexity index is 730. The van der Waals surface area contributed by atoms with Crippen molar-refractivity contribution in [3.63, 3.8) is 0 Å². The molecule has 0 bridgehead atoms. The first kappa shape index (κ1) is 23.1. The zero-order valence-corrected chi connectivity index (χ0v) is 18.3. The van der Waals surface area contributed by atoms with Crippen LogP contribution in [0.1, 0.15) is 95.8 Å². The summed E-state index contributed by atoms with van der Waals surface area (Å²) in [5, 5.41) is 4.30. The summed E-state index contributed by atoms with van der Waals surface area (Å²) in [5.74, 6) is 0.920. The van der Waals surface area contributed by atoms with E-state index < -0.39 is 0 Å². The van der Waals surface area contributed by atoms with Crippen LogP contribution in [0.3, 0.4) is 0 Å². The minimum atomic E-state index is 0.0332. The van der Waals surface area contributed by atoms with Crippen molar-refractivity contribution in [1.82, 2.24) is 5.16 Å². The Balaban J connectivity index is 1.77. The molecule has 0 unspecified atom stereocenters. The second-order valence-electron chi connectivity index (χ2n) is 7.96. The number of hydrogen-bond acceptors (Lipinski definition) is 3. The molecule has 0 atom stereocenters. The van der Waals surface area contributed by atoms with Crippen LogP contribution >= 0.6 is 0 Å². The van der Waals surface area contributed by atoms with Gasteiger partial charge in [-0.3, -0.25) is 4.79 Å². The van der Waals surface area contributed by atoms with E-state index in [1.807, 2.05) is 36.4 Å². The van der Waals surface area contributed by atoms with Gasteiger partial charge in [-0.2, -0.15) is 0 Å². The monoisotopic (exact) mass is 395 g/mol. The van der Waals surface area contributed by atoms with Crippen molar-refractivity contribution < 1.29 is 9.32 Å². The van der Waals surface area contributed by atoms with E-state index in [9.17, 15) is 4.79 Å². The first-order valence-electron chi connectivity index (χ1n) is 11.4. The van der Waals surface area contributed by atoms with Gasteiger partial charge in [0.1, 0.15) is 11.5 Å². The second-order valence-corrected chi connectivity index (χ2v) is 7.96. The van der Waals surface area contributed by atoms with E-state index in [1.54, 1.807) is 13.0 Å². The molecular weight excluding hydrogens is 358 g/mol. The number of benzene rings is 1. The van der Waals surface area contributed by atoms with Crippen molar-refractivity contribution in [2.75, 3.05) is 0 Å². The van der Waals surface area contributed by atoms with Crippen molar-refractivity contribution in [2.24, 2.45) is 0 Å². The summed E-state index contributed by atoms with van der Waals surface area (Å²) in [6.45, 7) is 3.83. The Morgan fingerprint density at radius 2 is 1.48 bits per heavy atom. The molecule has 1 heterocycles. The number of carbonyl (C=O) groups excluding carboxylic acids is 1. The maximum atomic E-state index is 11.4. The number of hydrogen-bond donors (Lipinski definition) is 0. The number of aromatic nitrogens is 1. The molecule has 1 aromatic heterocycles. The van der Waals surface area contributed by atoms with Crippen LogP contribution in [0.5, 0.6) is 0 Å². The van der Waals surface area contributed by atoms with Gasteiger partial charge in [-0.15, -0.1) is 0 Å². The third kappa shape index (κ3) is 8.81. The van der Waals surface area contributed by atoms with Crippen molar-refractivity contribution in [3.8, 4) is 11.3 Å². The highest BCUT2D eigenvalue weighted by atomic mass is 16.5. The molecule has 3 nitrogen and oxygen atoms in total. The molecule has 29 heavy (non-hydrogen) atoms. The molecule has 0 N–H and O–H groups in total. The van der Waals surface area contributed by atoms with Gasteiger partial charge < -0.3 is 4.52 Å². The maximum absolute atomic E-state index is 11.4. The number of aryl methyl sites for hydroxylation is 1. The Labute approximate surface area is 176 Å². The van der Waals surface area contributed by atoms with E-state index in [1.165, 1.54) is 64.2 Å². The number of ketones is 1. The van der Waals surface area contributed by atoms with Gasteiger partial charge in [0.15, 0.2) is 5.78 Å². The first-order valence-corrected chi connectivity index (χ1v) is 11.4. The molecule has 3 heteroatoms. The summed E-state index contributed by atoms with van der Waals surface area (Å²) in [7, 11) is 0. The van der Waals surface area contributed by atoms with E-state index in [0.29, 0.717) is 0 Å². The number of nitrogens with zero attached hydrogens (tertiary/aromatic N) is 1. The molecule has 0 saturated heterocycles. The van der Waals surface area contributed by atoms with Gasteiger partial charge >= 0.3 is 0 Å².